The number of fused-ring (bicyclic) bond motifs is 6. The van der Waals surface area contributed by atoms with Crippen molar-refractivity contribution in [3.63, 3.8) is 0 Å². The van der Waals surface area contributed by atoms with Crippen LogP contribution in [0, 0.1) is 18.3 Å². The van der Waals surface area contributed by atoms with E-state index in [9.17, 15) is 9.59 Å². The molecule has 1 saturated heterocycles. The lowest BCUT2D eigenvalue weighted by Crippen LogP contribution is -2.56. The van der Waals surface area contributed by atoms with Crippen molar-refractivity contribution in [1.29, 1.82) is 0 Å². The number of benzene rings is 3. The third-order valence-corrected chi connectivity index (χ3v) is 9.08. The minimum atomic E-state index is -0.535. The maximum absolute atomic E-state index is 13.5. The van der Waals surface area contributed by atoms with Crippen LogP contribution in [0.5, 0.6) is 0 Å². The summed E-state index contributed by atoms with van der Waals surface area (Å²) in [6.07, 6.45) is 2.72. The van der Waals surface area contributed by atoms with Crippen LogP contribution in [0.2, 0.25) is 0 Å². The topological polar surface area (TPSA) is 89.6 Å². The molecule has 6 bridgehead atoms. The van der Waals surface area contributed by atoms with Crippen molar-refractivity contribution in [2.45, 2.75) is 72.9 Å². The van der Waals surface area contributed by atoms with Crippen LogP contribution in [0.1, 0.15) is 57.2 Å². The molecule has 0 radical (unpaired) electrons. The molecule has 2 aliphatic rings. The fourth-order valence-corrected chi connectivity index (χ4v) is 6.99. The van der Waals surface area contributed by atoms with E-state index in [1.54, 1.807) is 5.01 Å². The lowest BCUT2D eigenvalue weighted by molar-refractivity contribution is -0.155. The number of nitrogens with zero attached hydrogens (tertiary/aromatic N) is 2. The van der Waals surface area contributed by atoms with E-state index in [4.69, 9.17) is 10.5 Å². The number of aromatic nitrogens is 1. The van der Waals surface area contributed by atoms with Gasteiger partial charge in [0.25, 0.3) is 0 Å². The number of hydrazine groups is 1. The summed E-state index contributed by atoms with van der Waals surface area (Å²) in [4.78, 5) is 26.8. The lowest BCUT2D eigenvalue weighted by Gasteiger charge is -2.35. The third kappa shape index (κ3) is 5.85. The maximum Gasteiger partial charge on any atom is 0.324 e. The number of nitrogens with one attached hydrogen (secondary N) is 1. The second-order valence-electron chi connectivity index (χ2n) is 13.5. The van der Waals surface area contributed by atoms with E-state index >= 15 is 0 Å². The number of hydrogen-bond acceptors (Lipinski definition) is 5. The van der Waals surface area contributed by atoms with E-state index in [-0.39, 0.29) is 29.8 Å². The van der Waals surface area contributed by atoms with E-state index in [1.807, 2.05) is 25.1 Å². The van der Waals surface area contributed by atoms with Crippen LogP contribution in [0.3, 0.4) is 0 Å². The number of hydrogen-bond donors (Lipinski definition) is 2. The number of aryl methyl sites for hydroxylation is 2. The SMILES string of the molecule is CCn1c(-c2cccc(N)c2)c2c3cc(ccc31)-c1cc(C)cc(c1)C[C@H](C)C(=O)N1CCC[C@H](N1)C(=O)OCC(C)(C)C2. The summed E-state index contributed by atoms with van der Waals surface area (Å²) in [5.74, 6) is -0.534. The number of carbonyl (C=O) groups excluding carboxylic acids is 2. The van der Waals surface area contributed by atoms with Gasteiger partial charge in [-0.2, -0.15) is 0 Å². The van der Waals surface area contributed by atoms with E-state index in [0.717, 1.165) is 46.6 Å². The fourth-order valence-electron chi connectivity index (χ4n) is 6.99. The van der Waals surface area contributed by atoms with Crippen LogP contribution in [-0.2, 0) is 33.7 Å². The zero-order valence-electron chi connectivity index (χ0n) is 26.6. The summed E-state index contributed by atoms with van der Waals surface area (Å²) in [6.45, 7) is 12.2. The van der Waals surface area contributed by atoms with Gasteiger partial charge in [0.05, 0.1) is 12.3 Å². The van der Waals surface area contributed by atoms with Gasteiger partial charge in [-0.3, -0.25) is 14.6 Å². The van der Waals surface area contributed by atoms with Gasteiger partial charge in [0.1, 0.15) is 6.04 Å². The number of ether oxygens (including phenoxy) is 1. The first-order chi connectivity index (χ1) is 21.0. The zero-order valence-corrected chi connectivity index (χ0v) is 26.6. The summed E-state index contributed by atoms with van der Waals surface area (Å²) in [6, 6.07) is 20.9. The maximum atomic E-state index is 13.5. The number of amides is 1. The molecule has 0 unspecified atom stereocenters. The Morgan fingerprint density at radius 1 is 1.02 bits per heavy atom. The van der Waals surface area contributed by atoms with Gasteiger partial charge in [-0.05, 0) is 86.1 Å². The van der Waals surface area contributed by atoms with Crippen LogP contribution >= 0.6 is 0 Å². The molecule has 7 nitrogen and oxygen atoms in total. The Labute approximate surface area is 260 Å². The summed E-state index contributed by atoms with van der Waals surface area (Å²) in [5.41, 5.74) is 19.1. The monoisotopic (exact) mass is 592 g/mol. The smallest absolute Gasteiger partial charge is 0.324 e. The minimum Gasteiger partial charge on any atom is -0.464 e. The van der Waals surface area contributed by atoms with Gasteiger partial charge in [-0.15, -0.1) is 0 Å². The Bertz CT molecular complexity index is 1740. The van der Waals surface area contributed by atoms with Crippen molar-refractivity contribution in [3.8, 4) is 22.4 Å². The quantitative estimate of drug-likeness (QED) is 0.200. The molecule has 0 spiro atoms. The highest BCUT2D eigenvalue weighted by molar-refractivity contribution is 5.95. The number of esters is 1. The van der Waals surface area contributed by atoms with E-state index < -0.39 is 6.04 Å². The number of cyclic esters (lactones) is 1. The first-order valence-electron chi connectivity index (χ1n) is 15.9. The molecule has 1 amide bonds. The normalized spacial score (nSPS) is 20.8. The number of nitrogen functional groups attached to an aromatic ring is 1. The van der Waals surface area contributed by atoms with Crippen LogP contribution in [0.4, 0.5) is 5.69 Å². The van der Waals surface area contributed by atoms with Crippen LogP contribution in [0.25, 0.3) is 33.3 Å². The summed E-state index contributed by atoms with van der Waals surface area (Å²) in [7, 11) is 0. The molecule has 4 aromatic rings. The molecule has 2 atom stereocenters. The van der Waals surface area contributed by atoms with Gasteiger partial charge in [0, 0.05) is 46.6 Å². The molecule has 3 heterocycles. The molecule has 44 heavy (non-hydrogen) atoms. The van der Waals surface area contributed by atoms with Crippen LogP contribution < -0.4 is 11.2 Å². The molecular weight excluding hydrogens is 548 g/mol. The van der Waals surface area contributed by atoms with Gasteiger partial charge in [0.2, 0.25) is 5.91 Å². The van der Waals surface area contributed by atoms with Crippen molar-refractivity contribution in [2.24, 2.45) is 11.3 Å². The van der Waals surface area contributed by atoms with Gasteiger partial charge in [0.15, 0.2) is 0 Å². The molecule has 230 valence electrons. The highest BCUT2D eigenvalue weighted by atomic mass is 16.5. The Morgan fingerprint density at radius 2 is 1.84 bits per heavy atom. The van der Waals surface area contributed by atoms with Gasteiger partial charge >= 0.3 is 5.97 Å². The second-order valence-corrected chi connectivity index (χ2v) is 13.5. The largest absolute Gasteiger partial charge is 0.464 e. The number of anilines is 1. The summed E-state index contributed by atoms with van der Waals surface area (Å²) >= 11 is 0. The van der Waals surface area contributed by atoms with Crippen molar-refractivity contribution in [3.05, 3.63) is 77.4 Å². The highest BCUT2D eigenvalue weighted by Crippen LogP contribution is 2.40. The molecule has 0 aliphatic carbocycles. The molecule has 1 fully saturated rings. The third-order valence-electron chi connectivity index (χ3n) is 9.08. The first kappa shape index (κ1) is 29.9. The van der Waals surface area contributed by atoms with Crippen molar-refractivity contribution in [1.82, 2.24) is 15.0 Å². The average molecular weight is 593 g/mol. The number of nitrogens with two attached hydrogens (primary N) is 1. The van der Waals surface area contributed by atoms with Gasteiger partial charge in [-0.25, -0.2) is 5.43 Å². The minimum absolute atomic E-state index is 0.00745. The molecule has 2 aliphatic heterocycles. The fraction of sp³-hybridized carbons (Fsp3) is 0.405. The van der Waals surface area contributed by atoms with Crippen molar-refractivity contribution >= 4 is 28.5 Å². The Morgan fingerprint density at radius 3 is 2.61 bits per heavy atom. The Balaban J connectivity index is 1.54. The van der Waals surface area contributed by atoms with E-state index in [2.05, 4.69) is 80.2 Å². The Hall–Kier alpha value is -4.10. The van der Waals surface area contributed by atoms with Gasteiger partial charge < -0.3 is 15.0 Å². The standard InChI is InChI=1S/C37H44N4O3/c1-6-40-33-13-12-26-20-30(33)31(34(40)27-9-7-10-29(38)19-27)21-37(4,5)22-44-36(43)32-11-8-14-41(39-32)35(42)24(3)17-25-15-23(2)16-28(26)18-25/h7,9-10,12-13,15-16,18-20,24,32,39H,6,8,11,14,17,21-22,38H2,1-5H3/t24-,32-/m0/s1. The predicted molar refractivity (Wildman–Crippen MR) is 177 cm³/mol. The zero-order chi connectivity index (χ0) is 31.2. The van der Waals surface area contributed by atoms with Crippen LogP contribution in [0.15, 0.2) is 60.7 Å². The van der Waals surface area contributed by atoms with E-state index in [1.165, 1.54) is 22.0 Å². The average Bonchev–Trinajstić information content (AvgIpc) is 3.30. The van der Waals surface area contributed by atoms with Crippen molar-refractivity contribution in [2.75, 3.05) is 18.9 Å². The van der Waals surface area contributed by atoms with Gasteiger partial charge in [-0.1, -0.05) is 62.7 Å². The predicted octanol–water partition coefficient (Wildman–Crippen LogP) is 6.69. The highest BCUT2D eigenvalue weighted by Gasteiger charge is 2.33. The Kier molecular flexibility index (Phi) is 8.01. The molecular formula is C37H44N4O3. The molecule has 0 saturated carbocycles. The number of carbonyl (C=O) groups is 2. The summed E-state index contributed by atoms with van der Waals surface area (Å²) in [5, 5.41) is 2.83. The van der Waals surface area contributed by atoms with E-state index in [0.29, 0.717) is 25.8 Å². The van der Waals surface area contributed by atoms with Crippen LogP contribution in [-0.4, -0.2) is 40.6 Å². The molecule has 7 heteroatoms. The molecule has 1 aromatic heterocycles. The lowest BCUT2D eigenvalue weighted by atomic mass is 9.84. The molecule has 3 N–H and O–H groups in total. The first-order valence-corrected chi connectivity index (χ1v) is 15.9. The molecule has 6 rings (SSSR count). The van der Waals surface area contributed by atoms with Crippen molar-refractivity contribution < 1.29 is 14.3 Å². The molecule has 3 aromatic carbocycles. The summed E-state index contributed by atoms with van der Waals surface area (Å²) < 4.78 is 8.36. The number of rotatable bonds is 2. The second kappa shape index (κ2) is 11.8.